The van der Waals surface area contributed by atoms with E-state index in [-0.39, 0.29) is 30.3 Å². The maximum atomic E-state index is 13.9. The smallest absolute Gasteiger partial charge is 0.335 e. The fraction of sp³-hybridized carbons (Fsp3) is 0.200. The molecular weight excluding hydrogens is 415 g/mol. The van der Waals surface area contributed by atoms with Gasteiger partial charge in [-0.25, -0.2) is 9.18 Å². The van der Waals surface area contributed by atoms with Crippen LogP contribution in [0.15, 0.2) is 59.6 Å². The lowest BCUT2D eigenvalue weighted by atomic mass is 9.98. The average Bonchev–Trinajstić information content (AvgIpc) is 2.95. The van der Waals surface area contributed by atoms with Crippen LogP contribution >= 0.6 is 24.0 Å². The molecule has 2 atom stereocenters. The summed E-state index contributed by atoms with van der Waals surface area (Å²) in [5, 5.41) is 11.5. The number of hydrogen-bond acceptors (Lipinski definition) is 5. The molecule has 150 valence electrons. The third-order valence-electron chi connectivity index (χ3n) is 4.30. The van der Waals surface area contributed by atoms with E-state index >= 15 is 0 Å². The maximum Gasteiger partial charge on any atom is 0.335 e. The molecule has 2 unspecified atom stereocenters. The highest BCUT2D eigenvalue weighted by atomic mass is 32.2. The number of carboxylic acids is 1. The van der Waals surface area contributed by atoms with Gasteiger partial charge in [-0.2, -0.15) is 0 Å². The van der Waals surface area contributed by atoms with Crippen LogP contribution in [0.2, 0.25) is 0 Å². The summed E-state index contributed by atoms with van der Waals surface area (Å²) in [6, 6.07) is 5.75. The molecule has 2 aliphatic rings. The first-order valence-corrected chi connectivity index (χ1v) is 9.95. The Morgan fingerprint density at radius 1 is 1.24 bits per heavy atom. The summed E-state index contributed by atoms with van der Waals surface area (Å²) in [5.74, 6) is -2.25. The molecule has 0 spiro atoms. The van der Waals surface area contributed by atoms with Gasteiger partial charge in [-0.1, -0.05) is 48.3 Å². The van der Waals surface area contributed by atoms with E-state index in [2.05, 4.69) is 5.32 Å². The number of carbonyl (C=O) groups is 3. The topological polar surface area (TPSA) is 86.7 Å². The third-order valence-corrected chi connectivity index (χ3v) is 5.70. The van der Waals surface area contributed by atoms with Crippen LogP contribution in [0.5, 0.6) is 0 Å². The van der Waals surface area contributed by atoms with Crippen molar-refractivity contribution in [2.45, 2.75) is 12.6 Å². The predicted molar refractivity (Wildman–Crippen MR) is 113 cm³/mol. The first-order chi connectivity index (χ1) is 13.8. The minimum absolute atomic E-state index is 0.0121. The van der Waals surface area contributed by atoms with E-state index in [4.69, 9.17) is 17.3 Å². The Balaban J connectivity index is 1.56. The van der Waals surface area contributed by atoms with Crippen molar-refractivity contribution in [1.82, 2.24) is 4.90 Å². The van der Waals surface area contributed by atoms with E-state index in [0.29, 0.717) is 14.9 Å². The van der Waals surface area contributed by atoms with Crippen molar-refractivity contribution >= 4 is 51.8 Å². The molecule has 6 nitrogen and oxygen atoms in total. The Kier molecular flexibility index (Phi) is 6.60. The van der Waals surface area contributed by atoms with Crippen molar-refractivity contribution in [1.29, 1.82) is 0 Å². The van der Waals surface area contributed by atoms with Gasteiger partial charge in [-0.05, 0) is 30.3 Å². The molecule has 0 bridgehead atoms. The molecule has 1 saturated heterocycles. The van der Waals surface area contributed by atoms with Gasteiger partial charge in [-0.15, -0.1) is 0 Å². The van der Waals surface area contributed by atoms with Crippen LogP contribution in [0.4, 0.5) is 10.1 Å². The number of benzene rings is 1. The van der Waals surface area contributed by atoms with Gasteiger partial charge >= 0.3 is 5.97 Å². The SMILES string of the molecule is O=C(CCN1C(=O)/C(=C/C2C=CC=CC2F)SC1=S)Nc1ccc(C(=O)O)cc1. The van der Waals surface area contributed by atoms with Crippen LogP contribution in [-0.4, -0.2) is 44.8 Å². The molecule has 1 heterocycles. The van der Waals surface area contributed by atoms with Gasteiger partial charge < -0.3 is 10.4 Å². The zero-order chi connectivity index (χ0) is 21.0. The zero-order valence-electron chi connectivity index (χ0n) is 15.1. The second kappa shape index (κ2) is 9.15. The van der Waals surface area contributed by atoms with Crippen LogP contribution in [0, 0.1) is 5.92 Å². The summed E-state index contributed by atoms with van der Waals surface area (Å²) < 4.78 is 14.2. The molecule has 3 rings (SSSR count). The van der Waals surface area contributed by atoms with E-state index < -0.39 is 18.1 Å². The van der Waals surface area contributed by atoms with Crippen LogP contribution < -0.4 is 5.32 Å². The summed E-state index contributed by atoms with van der Waals surface area (Å²) in [4.78, 5) is 37.2. The molecule has 1 aliphatic carbocycles. The number of halogens is 1. The van der Waals surface area contributed by atoms with Crippen LogP contribution in [0.1, 0.15) is 16.8 Å². The van der Waals surface area contributed by atoms with E-state index in [1.807, 2.05) is 0 Å². The van der Waals surface area contributed by atoms with E-state index in [9.17, 15) is 18.8 Å². The van der Waals surface area contributed by atoms with Gasteiger partial charge in [0.25, 0.3) is 5.91 Å². The Morgan fingerprint density at radius 2 is 1.93 bits per heavy atom. The van der Waals surface area contributed by atoms with E-state index in [1.54, 1.807) is 24.3 Å². The Bertz CT molecular complexity index is 940. The number of hydrogen-bond donors (Lipinski definition) is 2. The number of allylic oxidation sites excluding steroid dienone is 5. The Labute approximate surface area is 176 Å². The molecule has 0 aromatic heterocycles. The molecule has 1 aromatic rings. The lowest BCUT2D eigenvalue weighted by molar-refractivity contribution is -0.122. The summed E-state index contributed by atoms with van der Waals surface area (Å²) in [7, 11) is 0. The van der Waals surface area contributed by atoms with Gasteiger partial charge in [-0.3, -0.25) is 14.5 Å². The number of amides is 2. The van der Waals surface area contributed by atoms with Crippen molar-refractivity contribution in [2.24, 2.45) is 5.92 Å². The largest absolute Gasteiger partial charge is 0.478 e. The standard InChI is InChI=1S/C20H17FN2O4S2/c21-15-4-2-1-3-13(15)11-16-18(25)23(20(28)29-16)10-9-17(24)22-14-7-5-12(6-8-14)19(26)27/h1-8,11,13,15H,9-10H2,(H,22,24)(H,26,27)/b16-11-. The number of thioether (sulfide) groups is 1. The quantitative estimate of drug-likeness (QED) is 0.528. The zero-order valence-corrected chi connectivity index (χ0v) is 16.7. The summed E-state index contributed by atoms with van der Waals surface area (Å²) in [5.41, 5.74) is 0.572. The highest BCUT2D eigenvalue weighted by Gasteiger charge is 2.33. The minimum Gasteiger partial charge on any atom is -0.478 e. The van der Waals surface area contributed by atoms with Crippen molar-refractivity contribution in [3.05, 3.63) is 65.1 Å². The van der Waals surface area contributed by atoms with Crippen LogP contribution in [0.25, 0.3) is 0 Å². The van der Waals surface area contributed by atoms with Crippen LogP contribution in [-0.2, 0) is 9.59 Å². The fourth-order valence-electron chi connectivity index (χ4n) is 2.76. The van der Waals surface area contributed by atoms with Gasteiger partial charge in [0.2, 0.25) is 5.91 Å². The number of nitrogens with one attached hydrogen (secondary N) is 1. The Morgan fingerprint density at radius 3 is 2.59 bits per heavy atom. The molecule has 0 radical (unpaired) electrons. The second-order valence-electron chi connectivity index (χ2n) is 6.33. The van der Waals surface area contributed by atoms with Gasteiger partial charge in [0.1, 0.15) is 10.5 Å². The molecule has 2 N–H and O–H groups in total. The molecule has 0 saturated carbocycles. The lowest BCUT2D eigenvalue weighted by Crippen LogP contribution is -2.31. The Hall–Kier alpha value is -2.78. The van der Waals surface area contributed by atoms with Crippen molar-refractivity contribution in [3.63, 3.8) is 0 Å². The molecule has 2 amide bonds. The minimum atomic E-state index is -1.19. The summed E-state index contributed by atoms with van der Waals surface area (Å²) >= 11 is 6.32. The molecule has 1 aromatic carbocycles. The third kappa shape index (κ3) is 5.18. The first-order valence-electron chi connectivity index (χ1n) is 8.73. The number of anilines is 1. The number of carbonyl (C=O) groups excluding carboxylic acids is 2. The molecule has 1 fully saturated rings. The number of rotatable bonds is 6. The maximum absolute atomic E-state index is 13.9. The van der Waals surface area contributed by atoms with Crippen LogP contribution in [0.3, 0.4) is 0 Å². The molecule has 1 aliphatic heterocycles. The number of alkyl halides is 1. The van der Waals surface area contributed by atoms with E-state index in [0.717, 1.165) is 11.8 Å². The van der Waals surface area contributed by atoms with Crippen molar-refractivity contribution in [3.8, 4) is 0 Å². The summed E-state index contributed by atoms with van der Waals surface area (Å²) in [6.07, 6.45) is 6.84. The number of nitrogens with zero attached hydrogens (tertiary/aromatic N) is 1. The van der Waals surface area contributed by atoms with E-state index in [1.165, 1.54) is 35.2 Å². The predicted octanol–water partition coefficient (Wildman–Crippen LogP) is 3.54. The first kappa shape index (κ1) is 20.9. The van der Waals surface area contributed by atoms with Crippen molar-refractivity contribution < 1.29 is 23.9 Å². The average molecular weight is 432 g/mol. The fourth-order valence-corrected chi connectivity index (χ4v) is 4.10. The van der Waals surface area contributed by atoms with Gasteiger partial charge in [0, 0.05) is 24.6 Å². The van der Waals surface area contributed by atoms with Gasteiger partial charge in [0.15, 0.2) is 0 Å². The van der Waals surface area contributed by atoms with Gasteiger partial charge in [0.05, 0.1) is 10.5 Å². The highest BCUT2D eigenvalue weighted by Crippen LogP contribution is 2.33. The second-order valence-corrected chi connectivity index (χ2v) is 8.00. The molecule has 29 heavy (non-hydrogen) atoms. The normalized spacial score (nSPS) is 22.4. The number of carboxylic acid groups (broad SMARTS) is 1. The highest BCUT2D eigenvalue weighted by molar-refractivity contribution is 8.26. The van der Waals surface area contributed by atoms with Crippen molar-refractivity contribution in [2.75, 3.05) is 11.9 Å². The molecular formula is C20H17FN2O4S2. The number of thiocarbonyl (C=S) groups is 1. The monoisotopic (exact) mass is 432 g/mol. The molecule has 9 heteroatoms. The summed E-state index contributed by atoms with van der Waals surface area (Å²) in [6.45, 7) is 0.0977. The lowest BCUT2D eigenvalue weighted by Gasteiger charge is -2.15. The number of aromatic carboxylic acids is 1.